The molecule has 0 radical (unpaired) electrons. The highest BCUT2D eigenvalue weighted by Crippen LogP contribution is 2.24. The van der Waals surface area contributed by atoms with Gasteiger partial charge in [0, 0.05) is 0 Å². The third kappa shape index (κ3) is 3.30. The lowest BCUT2D eigenvalue weighted by Gasteiger charge is -2.06. The van der Waals surface area contributed by atoms with Gasteiger partial charge in [-0.1, -0.05) is 54.6 Å². The molecule has 0 atom stereocenters. The lowest BCUT2D eigenvalue weighted by molar-refractivity contribution is 0.401. The topological polar surface area (TPSA) is 57.5 Å². The van der Waals surface area contributed by atoms with Crippen molar-refractivity contribution in [1.82, 2.24) is 0 Å². The van der Waals surface area contributed by atoms with Crippen molar-refractivity contribution in [2.24, 2.45) is 0 Å². The Hall–Kier alpha value is -3.07. The maximum atomic E-state index is 11.7. The van der Waals surface area contributed by atoms with E-state index in [1.54, 1.807) is 6.92 Å². The molecule has 0 aliphatic heterocycles. The third-order valence-electron chi connectivity index (χ3n) is 4.10. The normalized spacial score (nSPS) is 10.5. The molecule has 0 bridgehead atoms. The first kappa shape index (κ1) is 15.8. The zero-order valence-electron chi connectivity index (χ0n) is 13.4. The van der Waals surface area contributed by atoms with Crippen LogP contribution in [-0.4, -0.2) is 10.2 Å². The first-order chi connectivity index (χ1) is 11.5. The van der Waals surface area contributed by atoms with Gasteiger partial charge in [-0.05, 0) is 53.3 Å². The zero-order valence-corrected chi connectivity index (χ0v) is 13.4. The SMILES string of the molecule is Cc1cc(=O)c(O)c(O)cc1Cc1ccc(-c2ccccc2)cc1. The molecule has 3 nitrogen and oxygen atoms in total. The summed E-state index contributed by atoms with van der Waals surface area (Å²) in [6.45, 7) is 1.80. The number of hydrogen-bond donors (Lipinski definition) is 2. The highest BCUT2D eigenvalue weighted by molar-refractivity contribution is 5.63. The van der Waals surface area contributed by atoms with E-state index in [-0.39, 0.29) is 5.75 Å². The molecule has 0 saturated carbocycles. The van der Waals surface area contributed by atoms with Gasteiger partial charge in [0.25, 0.3) is 0 Å². The Morgan fingerprint density at radius 2 is 1.46 bits per heavy atom. The van der Waals surface area contributed by atoms with E-state index in [9.17, 15) is 15.0 Å². The minimum atomic E-state index is -0.608. The Kier molecular flexibility index (Phi) is 4.34. The summed E-state index contributed by atoms with van der Waals surface area (Å²) in [5.74, 6) is -0.993. The second kappa shape index (κ2) is 6.59. The van der Waals surface area contributed by atoms with E-state index in [0.29, 0.717) is 6.42 Å². The number of hydrogen-bond acceptors (Lipinski definition) is 3. The summed E-state index contributed by atoms with van der Waals surface area (Å²) in [4.78, 5) is 11.7. The molecule has 0 aliphatic carbocycles. The maximum Gasteiger partial charge on any atom is 0.224 e. The molecule has 0 fully saturated rings. The van der Waals surface area contributed by atoms with Crippen molar-refractivity contribution >= 4 is 0 Å². The van der Waals surface area contributed by atoms with Crippen molar-refractivity contribution < 1.29 is 10.2 Å². The van der Waals surface area contributed by atoms with E-state index in [4.69, 9.17) is 0 Å². The lowest BCUT2D eigenvalue weighted by atomic mass is 9.99. The van der Waals surface area contributed by atoms with Gasteiger partial charge in [0.15, 0.2) is 5.75 Å². The molecule has 24 heavy (non-hydrogen) atoms. The van der Waals surface area contributed by atoms with Crippen LogP contribution in [0.15, 0.2) is 71.5 Å². The van der Waals surface area contributed by atoms with Crippen LogP contribution in [0.1, 0.15) is 16.7 Å². The van der Waals surface area contributed by atoms with Crippen LogP contribution in [0.3, 0.4) is 0 Å². The van der Waals surface area contributed by atoms with Crippen molar-refractivity contribution in [2.75, 3.05) is 0 Å². The van der Waals surface area contributed by atoms with Crippen molar-refractivity contribution in [1.29, 1.82) is 0 Å². The van der Waals surface area contributed by atoms with Crippen LogP contribution in [0.5, 0.6) is 11.5 Å². The van der Waals surface area contributed by atoms with Gasteiger partial charge in [-0.2, -0.15) is 0 Å². The molecular weight excluding hydrogens is 300 g/mol. The predicted octanol–water partition coefficient (Wildman–Crippen LogP) is 4.02. The Balaban J connectivity index is 1.91. The lowest BCUT2D eigenvalue weighted by Crippen LogP contribution is -1.95. The zero-order chi connectivity index (χ0) is 17.1. The van der Waals surface area contributed by atoms with Gasteiger partial charge >= 0.3 is 0 Å². The quantitative estimate of drug-likeness (QED) is 0.767. The van der Waals surface area contributed by atoms with Gasteiger partial charge in [0.1, 0.15) is 0 Å². The van der Waals surface area contributed by atoms with E-state index in [0.717, 1.165) is 27.8 Å². The number of aryl methyl sites for hydroxylation is 1. The van der Waals surface area contributed by atoms with Gasteiger partial charge in [-0.25, -0.2) is 0 Å². The molecule has 0 spiro atoms. The monoisotopic (exact) mass is 318 g/mol. The molecule has 0 saturated heterocycles. The van der Waals surface area contributed by atoms with E-state index in [1.807, 2.05) is 30.3 Å². The predicted molar refractivity (Wildman–Crippen MR) is 95.5 cm³/mol. The van der Waals surface area contributed by atoms with E-state index in [2.05, 4.69) is 24.3 Å². The number of aromatic hydroxyl groups is 2. The summed E-state index contributed by atoms with van der Waals surface area (Å²) < 4.78 is 0. The molecule has 3 rings (SSSR count). The average Bonchev–Trinajstić information content (AvgIpc) is 2.69. The van der Waals surface area contributed by atoms with Crippen LogP contribution in [0.4, 0.5) is 0 Å². The molecule has 3 aromatic carbocycles. The Bertz CT molecular complexity index is 914. The van der Waals surface area contributed by atoms with Gasteiger partial charge in [0.05, 0.1) is 0 Å². The van der Waals surface area contributed by atoms with Gasteiger partial charge in [0.2, 0.25) is 11.2 Å². The summed E-state index contributed by atoms with van der Waals surface area (Å²) in [5, 5.41) is 19.4. The highest BCUT2D eigenvalue weighted by atomic mass is 16.3. The fourth-order valence-electron chi connectivity index (χ4n) is 2.69. The van der Waals surface area contributed by atoms with Crippen LogP contribution in [0.2, 0.25) is 0 Å². The van der Waals surface area contributed by atoms with Crippen LogP contribution in [0, 0.1) is 6.92 Å². The summed E-state index contributed by atoms with van der Waals surface area (Å²) in [6, 6.07) is 21.1. The highest BCUT2D eigenvalue weighted by Gasteiger charge is 2.08. The fraction of sp³-hybridized carbons (Fsp3) is 0.0952. The maximum absolute atomic E-state index is 11.7. The van der Waals surface area contributed by atoms with Crippen molar-refractivity contribution in [3.05, 3.63) is 93.6 Å². The van der Waals surface area contributed by atoms with Gasteiger partial charge in [-0.3, -0.25) is 4.79 Å². The van der Waals surface area contributed by atoms with Crippen LogP contribution in [-0.2, 0) is 6.42 Å². The fourth-order valence-corrected chi connectivity index (χ4v) is 2.69. The molecule has 3 heteroatoms. The number of benzene rings is 2. The molecule has 2 N–H and O–H groups in total. The molecule has 0 aliphatic rings. The Morgan fingerprint density at radius 1 is 0.833 bits per heavy atom. The Labute approximate surface area is 140 Å². The summed E-state index contributed by atoms with van der Waals surface area (Å²) >= 11 is 0. The third-order valence-corrected chi connectivity index (χ3v) is 4.10. The van der Waals surface area contributed by atoms with Crippen molar-refractivity contribution in [3.8, 4) is 22.6 Å². The molecule has 0 unspecified atom stereocenters. The first-order valence-corrected chi connectivity index (χ1v) is 7.75. The largest absolute Gasteiger partial charge is 0.504 e. The first-order valence-electron chi connectivity index (χ1n) is 7.75. The van der Waals surface area contributed by atoms with E-state index in [1.165, 1.54) is 12.1 Å². The van der Waals surface area contributed by atoms with E-state index < -0.39 is 11.2 Å². The summed E-state index contributed by atoms with van der Waals surface area (Å²) in [5.41, 5.74) is 4.33. The van der Waals surface area contributed by atoms with Crippen LogP contribution >= 0.6 is 0 Å². The van der Waals surface area contributed by atoms with Crippen molar-refractivity contribution in [3.63, 3.8) is 0 Å². The molecule has 0 amide bonds. The molecule has 0 heterocycles. The van der Waals surface area contributed by atoms with Crippen LogP contribution in [0.25, 0.3) is 11.1 Å². The van der Waals surface area contributed by atoms with Crippen molar-refractivity contribution in [2.45, 2.75) is 13.3 Å². The Morgan fingerprint density at radius 3 is 2.12 bits per heavy atom. The number of rotatable bonds is 3. The van der Waals surface area contributed by atoms with E-state index >= 15 is 0 Å². The molecule has 120 valence electrons. The van der Waals surface area contributed by atoms with Crippen LogP contribution < -0.4 is 5.43 Å². The minimum absolute atomic E-state index is 0.385. The van der Waals surface area contributed by atoms with Gasteiger partial charge < -0.3 is 10.2 Å². The summed E-state index contributed by atoms with van der Waals surface area (Å²) in [6.07, 6.45) is 0.571. The van der Waals surface area contributed by atoms with Gasteiger partial charge in [-0.15, -0.1) is 0 Å². The second-order valence-corrected chi connectivity index (χ2v) is 5.83. The second-order valence-electron chi connectivity index (χ2n) is 5.83. The minimum Gasteiger partial charge on any atom is -0.504 e. The molecular formula is C21H18O3. The molecule has 3 aromatic rings. The standard InChI is InChI=1S/C21H18O3/c1-14-11-19(22)21(24)20(23)13-18(14)12-15-7-9-17(10-8-15)16-5-3-2-4-6-16/h2-11,13H,12H2,1H3,(H2,22,23,24). The average molecular weight is 318 g/mol. The molecule has 0 aromatic heterocycles. The summed E-state index contributed by atoms with van der Waals surface area (Å²) in [7, 11) is 0. The smallest absolute Gasteiger partial charge is 0.224 e.